The van der Waals surface area contributed by atoms with E-state index in [4.69, 9.17) is 14.2 Å². The van der Waals surface area contributed by atoms with Gasteiger partial charge in [0, 0.05) is 30.8 Å². The van der Waals surface area contributed by atoms with Crippen LogP contribution in [0.25, 0.3) is 0 Å². The van der Waals surface area contributed by atoms with E-state index in [1.165, 1.54) is 0 Å². The van der Waals surface area contributed by atoms with E-state index >= 15 is 0 Å². The summed E-state index contributed by atoms with van der Waals surface area (Å²) < 4.78 is 17.1. The highest BCUT2D eigenvalue weighted by Gasteiger charge is 2.50. The number of aliphatic hydroxyl groups is 3. The minimum atomic E-state index is -0.969. The van der Waals surface area contributed by atoms with E-state index in [2.05, 4.69) is 13.8 Å². The van der Waals surface area contributed by atoms with Gasteiger partial charge in [0.2, 0.25) is 0 Å². The van der Waals surface area contributed by atoms with Crippen molar-refractivity contribution < 1.29 is 34.3 Å². The lowest BCUT2D eigenvalue weighted by Gasteiger charge is -2.31. The van der Waals surface area contributed by atoms with E-state index in [0.717, 1.165) is 12.0 Å². The molecule has 0 aromatic rings. The molecule has 7 heteroatoms. The van der Waals surface area contributed by atoms with Crippen LogP contribution < -0.4 is 0 Å². The Morgan fingerprint density at radius 2 is 1.95 bits per heavy atom. The van der Waals surface area contributed by atoms with Gasteiger partial charge in [-0.05, 0) is 38.7 Å². The van der Waals surface area contributed by atoms with Gasteiger partial charge >= 0.3 is 5.97 Å². The Kier molecular flexibility index (Phi) is 12.0. The fourth-order valence-corrected chi connectivity index (χ4v) is 5.12. The Bertz CT molecular complexity index is 813. The third-order valence-corrected chi connectivity index (χ3v) is 8.28. The lowest BCUT2D eigenvalue weighted by atomic mass is 9.84. The van der Waals surface area contributed by atoms with E-state index in [9.17, 15) is 20.1 Å². The first-order valence-electron chi connectivity index (χ1n) is 13.8. The fourth-order valence-electron chi connectivity index (χ4n) is 5.12. The summed E-state index contributed by atoms with van der Waals surface area (Å²) in [6.07, 6.45) is 9.11. The second-order valence-corrected chi connectivity index (χ2v) is 11.4. The predicted octanol–water partition coefficient (Wildman–Crippen LogP) is 4.35. The van der Waals surface area contributed by atoms with Crippen molar-refractivity contribution in [1.29, 1.82) is 0 Å². The Morgan fingerprint density at radius 1 is 1.27 bits per heavy atom. The third kappa shape index (κ3) is 9.03. The van der Waals surface area contributed by atoms with Crippen molar-refractivity contribution in [2.24, 2.45) is 23.7 Å². The molecular formula is C30H50O7. The SMILES string of the molecule is CC[C@H](OC)[C@@H](C)[C@H]1O[C@@H]1[C@H](O)[C@H](C)/C=C/C=C(\C)[C@H]1OC(=O)C[C@@H](O)CC[C@@](C)(O)[C@@H](C)/C=C/[C@@H]1C. The Hall–Kier alpha value is -1.51. The summed E-state index contributed by atoms with van der Waals surface area (Å²) in [4.78, 5) is 12.6. The van der Waals surface area contributed by atoms with Crippen LogP contribution in [0.1, 0.15) is 74.1 Å². The van der Waals surface area contributed by atoms with E-state index in [-0.39, 0.29) is 48.4 Å². The average molecular weight is 523 g/mol. The second kappa shape index (κ2) is 14.0. The second-order valence-electron chi connectivity index (χ2n) is 11.4. The fraction of sp³-hybridized carbons (Fsp3) is 0.767. The molecule has 2 heterocycles. The number of hydrogen-bond donors (Lipinski definition) is 3. The highest BCUT2D eigenvalue weighted by atomic mass is 16.6. The van der Waals surface area contributed by atoms with Gasteiger partial charge in [0.25, 0.3) is 0 Å². The lowest BCUT2D eigenvalue weighted by molar-refractivity contribution is -0.151. The van der Waals surface area contributed by atoms with Gasteiger partial charge in [-0.2, -0.15) is 0 Å². The number of hydrogen-bond acceptors (Lipinski definition) is 7. The molecule has 11 atom stereocenters. The van der Waals surface area contributed by atoms with Crippen LogP contribution in [0.2, 0.25) is 0 Å². The number of allylic oxidation sites excluding steroid dienone is 2. The molecule has 37 heavy (non-hydrogen) atoms. The maximum Gasteiger partial charge on any atom is 0.309 e. The highest BCUT2D eigenvalue weighted by Crippen LogP contribution is 2.37. The van der Waals surface area contributed by atoms with Crippen LogP contribution in [0.4, 0.5) is 0 Å². The molecule has 0 aliphatic carbocycles. The molecule has 0 aromatic heterocycles. The monoisotopic (exact) mass is 522 g/mol. The van der Waals surface area contributed by atoms with Gasteiger partial charge in [0.1, 0.15) is 12.2 Å². The van der Waals surface area contributed by atoms with Gasteiger partial charge in [0.15, 0.2) is 0 Å². The number of methoxy groups -OCH3 is 1. The third-order valence-electron chi connectivity index (χ3n) is 8.28. The minimum absolute atomic E-state index is 0.00480. The van der Waals surface area contributed by atoms with Crippen LogP contribution in [-0.4, -0.2) is 70.6 Å². The topological polar surface area (TPSA) is 109 Å². The molecule has 0 aromatic carbocycles. The molecule has 0 saturated carbocycles. The first-order chi connectivity index (χ1) is 17.3. The summed E-state index contributed by atoms with van der Waals surface area (Å²) >= 11 is 0. The first-order valence-corrected chi connectivity index (χ1v) is 13.8. The molecule has 0 radical (unpaired) electrons. The number of aliphatic hydroxyl groups excluding tert-OH is 2. The normalized spacial score (nSPS) is 38.1. The molecular weight excluding hydrogens is 472 g/mol. The molecule has 0 unspecified atom stereocenters. The van der Waals surface area contributed by atoms with E-state index in [0.29, 0.717) is 12.8 Å². The number of rotatable bonds is 9. The van der Waals surface area contributed by atoms with Crippen LogP contribution >= 0.6 is 0 Å². The smallest absolute Gasteiger partial charge is 0.309 e. The molecule has 0 spiro atoms. The zero-order valence-corrected chi connectivity index (χ0v) is 24.0. The molecule has 1 fully saturated rings. The summed E-state index contributed by atoms with van der Waals surface area (Å²) in [6.45, 7) is 13.7. The Labute approximate surface area is 223 Å². The summed E-state index contributed by atoms with van der Waals surface area (Å²) in [5.41, 5.74) is -0.113. The number of epoxide rings is 1. The first kappa shape index (κ1) is 31.7. The van der Waals surface area contributed by atoms with Crippen LogP contribution in [0.15, 0.2) is 36.0 Å². The maximum atomic E-state index is 12.6. The van der Waals surface area contributed by atoms with Crippen molar-refractivity contribution in [3.05, 3.63) is 36.0 Å². The largest absolute Gasteiger partial charge is 0.457 e. The molecule has 0 bridgehead atoms. The average Bonchev–Trinajstić information content (AvgIpc) is 3.64. The summed E-state index contributed by atoms with van der Waals surface area (Å²) in [7, 11) is 1.71. The van der Waals surface area contributed by atoms with Crippen molar-refractivity contribution in [2.45, 2.75) is 116 Å². The van der Waals surface area contributed by atoms with Crippen molar-refractivity contribution in [3.8, 4) is 0 Å². The molecule has 212 valence electrons. The van der Waals surface area contributed by atoms with Gasteiger partial charge in [-0.15, -0.1) is 0 Å². The van der Waals surface area contributed by atoms with Crippen LogP contribution in [-0.2, 0) is 19.0 Å². The summed E-state index contributed by atoms with van der Waals surface area (Å²) in [6, 6.07) is 0. The maximum absolute atomic E-state index is 12.6. The summed E-state index contributed by atoms with van der Waals surface area (Å²) in [5.74, 6) is -0.608. The van der Waals surface area contributed by atoms with E-state index in [1.807, 2.05) is 58.1 Å². The predicted molar refractivity (Wildman–Crippen MR) is 145 cm³/mol. The molecule has 2 aliphatic heterocycles. The van der Waals surface area contributed by atoms with Crippen LogP contribution in [0, 0.1) is 23.7 Å². The van der Waals surface area contributed by atoms with Crippen molar-refractivity contribution in [3.63, 3.8) is 0 Å². The van der Waals surface area contributed by atoms with Gasteiger partial charge in [0.05, 0.1) is 36.4 Å². The van der Waals surface area contributed by atoms with Crippen LogP contribution in [0.5, 0.6) is 0 Å². The lowest BCUT2D eigenvalue weighted by Crippen LogP contribution is -2.34. The van der Waals surface area contributed by atoms with Crippen LogP contribution in [0.3, 0.4) is 0 Å². The Balaban J connectivity index is 2.09. The minimum Gasteiger partial charge on any atom is -0.457 e. The molecule has 3 N–H and O–H groups in total. The number of carbonyl (C=O) groups is 1. The highest BCUT2D eigenvalue weighted by molar-refractivity contribution is 5.70. The molecule has 1 saturated heterocycles. The molecule has 2 rings (SSSR count). The summed E-state index contributed by atoms with van der Waals surface area (Å²) in [5, 5.41) is 31.9. The zero-order valence-electron chi connectivity index (χ0n) is 24.0. The van der Waals surface area contributed by atoms with Crippen molar-refractivity contribution in [1.82, 2.24) is 0 Å². The number of ether oxygens (including phenoxy) is 3. The quantitative estimate of drug-likeness (QED) is 0.179. The van der Waals surface area contributed by atoms with Crippen molar-refractivity contribution in [2.75, 3.05) is 7.11 Å². The standard InChI is InChI=1S/C30H50O7/c1-9-24(35-8)22(6)28-29(37-28)26(33)18(2)11-10-12-19(3)27-20(4)13-14-21(5)30(7,34)16-15-23(31)17-25(32)36-27/h10-14,18,20-24,26-29,31,33-34H,9,15-17H2,1-8H3/b11-10+,14-13+,19-12+/t18-,20+,21+,22-,23+,24+,26-,27-,28-,29-,30-/m1/s1. The number of cyclic esters (lactones) is 1. The van der Waals surface area contributed by atoms with Gasteiger partial charge in [-0.1, -0.05) is 65.0 Å². The van der Waals surface area contributed by atoms with Gasteiger partial charge < -0.3 is 29.5 Å². The molecule has 0 amide bonds. The van der Waals surface area contributed by atoms with E-state index in [1.54, 1.807) is 14.0 Å². The van der Waals surface area contributed by atoms with Crippen molar-refractivity contribution >= 4 is 5.97 Å². The number of carbonyl (C=O) groups excluding carboxylic acids is 1. The number of esters is 1. The zero-order chi connectivity index (χ0) is 27.9. The van der Waals surface area contributed by atoms with Gasteiger partial charge in [-0.25, -0.2) is 0 Å². The molecule has 7 nitrogen and oxygen atoms in total. The van der Waals surface area contributed by atoms with E-state index < -0.39 is 29.9 Å². The van der Waals surface area contributed by atoms with Gasteiger partial charge in [-0.3, -0.25) is 4.79 Å². The Morgan fingerprint density at radius 3 is 2.57 bits per heavy atom. The molecule has 2 aliphatic rings.